The van der Waals surface area contributed by atoms with Crippen molar-refractivity contribution in [1.82, 2.24) is 4.98 Å². The lowest BCUT2D eigenvalue weighted by atomic mass is 10.1. The first kappa shape index (κ1) is 13.8. The Balaban J connectivity index is 2.06. The molecule has 0 bridgehead atoms. The number of rotatable bonds is 4. The number of ether oxygens (including phenoxy) is 1. The molecule has 1 heterocycles. The van der Waals surface area contributed by atoms with Crippen molar-refractivity contribution in [2.75, 3.05) is 6.61 Å². The van der Waals surface area contributed by atoms with Crippen LogP contribution in [0.2, 0.25) is 0 Å². The minimum atomic E-state index is 0.658. The molecule has 3 rings (SSSR count). The minimum Gasteiger partial charge on any atom is -0.493 e. The lowest BCUT2D eigenvalue weighted by molar-refractivity contribution is 0.341. The van der Waals surface area contributed by atoms with E-state index in [0.717, 1.165) is 27.6 Å². The molecule has 0 N–H and O–H groups in total. The molecule has 0 aliphatic heterocycles. The summed E-state index contributed by atoms with van der Waals surface area (Å²) >= 11 is 1.72. The van der Waals surface area contributed by atoms with E-state index >= 15 is 0 Å². The maximum Gasteiger partial charge on any atom is 0.128 e. The van der Waals surface area contributed by atoms with Crippen LogP contribution in [0.3, 0.4) is 0 Å². The lowest BCUT2D eigenvalue weighted by Gasteiger charge is -2.08. The van der Waals surface area contributed by atoms with Gasteiger partial charge in [0.25, 0.3) is 0 Å². The van der Waals surface area contributed by atoms with Gasteiger partial charge in [0.05, 0.1) is 12.3 Å². The van der Waals surface area contributed by atoms with Gasteiger partial charge in [0.2, 0.25) is 0 Å². The van der Waals surface area contributed by atoms with Gasteiger partial charge in [-0.25, -0.2) is 4.98 Å². The van der Waals surface area contributed by atoms with Crippen LogP contribution < -0.4 is 4.74 Å². The average Bonchev–Trinajstić information content (AvgIpc) is 2.91. The topological polar surface area (TPSA) is 22.1 Å². The van der Waals surface area contributed by atoms with Gasteiger partial charge in [-0.15, -0.1) is 11.3 Å². The Kier molecular flexibility index (Phi) is 4.02. The van der Waals surface area contributed by atoms with E-state index in [1.165, 1.54) is 4.88 Å². The second-order valence-corrected chi connectivity index (χ2v) is 5.92. The Hall–Kier alpha value is -2.13. The van der Waals surface area contributed by atoms with E-state index in [9.17, 15) is 0 Å². The molecule has 21 heavy (non-hydrogen) atoms. The zero-order chi connectivity index (χ0) is 14.7. The normalized spacial score (nSPS) is 10.6. The Bertz CT molecular complexity index is 734. The second-order valence-electron chi connectivity index (χ2n) is 4.72. The van der Waals surface area contributed by atoms with Gasteiger partial charge >= 0.3 is 0 Å². The standard InChI is InChI=1S/C18H17NOS/c1-3-20-16-12-8-7-11-15(16)17-13(2)21-18(19-17)14-9-5-4-6-10-14/h4-12H,3H2,1-2H3. The largest absolute Gasteiger partial charge is 0.493 e. The summed E-state index contributed by atoms with van der Waals surface area (Å²) in [6, 6.07) is 18.4. The molecule has 0 saturated carbocycles. The Labute approximate surface area is 129 Å². The van der Waals surface area contributed by atoms with E-state index in [1.807, 2.05) is 43.3 Å². The number of thiazole rings is 1. The Morgan fingerprint density at radius 3 is 2.48 bits per heavy atom. The highest BCUT2D eigenvalue weighted by atomic mass is 32.1. The summed E-state index contributed by atoms with van der Waals surface area (Å²) in [7, 11) is 0. The van der Waals surface area contributed by atoms with Crippen LogP contribution in [-0.4, -0.2) is 11.6 Å². The van der Waals surface area contributed by atoms with Crippen molar-refractivity contribution in [3.63, 3.8) is 0 Å². The summed E-state index contributed by atoms with van der Waals surface area (Å²) in [6.45, 7) is 4.77. The highest BCUT2D eigenvalue weighted by Gasteiger charge is 2.14. The van der Waals surface area contributed by atoms with Crippen molar-refractivity contribution in [3.8, 4) is 27.6 Å². The zero-order valence-electron chi connectivity index (χ0n) is 12.2. The van der Waals surface area contributed by atoms with Gasteiger partial charge in [-0.3, -0.25) is 0 Å². The zero-order valence-corrected chi connectivity index (χ0v) is 13.0. The molecule has 0 spiro atoms. The SMILES string of the molecule is CCOc1ccccc1-c1nc(-c2ccccc2)sc1C. The molecule has 2 nitrogen and oxygen atoms in total. The van der Waals surface area contributed by atoms with E-state index in [0.29, 0.717) is 6.61 Å². The van der Waals surface area contributed by atoms with Crippen molar-refractivity contribution in [2.45, 2.75) is 13.8 Å². The summed E-state index contributed by atoms with van der Waals surface area (Å²) in [5.74, 6) is 0.896. The molecule has 0 aliphatic rings. The molecule has 2 aromatic carbocycles. The summed E-state index contributed by atoms with van der Waals surface area (Å²) in [6.07, 6.45) is 0. The monoisotopic (exact) mass is 295 g/mol. The molecule has 0 amide bonds. The molecule has 0 unspecified atom stereocenters. The van der Waals surface area contributed by atoms with Gasteiger partial charge in [-0.1, -0.05) is 42.5 Å². The van der Waals surface area contributed by atoms with Crippen LogP contribution in [0.4, 0.5) is 0 Å². The van der Waals surface area contributed by atoms with Gasteiger partial charge in [-0.2, -0.15) is 0 Å². The van der Waals surface area contributed by atoms with Crippen LogP contribution in [0.15, 0.2) is 54.6 Å². The van der Waals surface area contributed by atoms with Crippen molar-refractivity contribution >= 4 is 11.3 Å². The quantitative estimate of drug-likeness (QED) is 0.661. The van der Waals surface area contributed by atoms with Gasteiger partial charge in [0.15, 0.2) is 0 Å². The first-order valence-corrected chi connectivity index (χ1v) is 7.86. The fourth-order valence-electron chi connectivity index (χ4n) is 2.29. The maximum absolute atomic E-state index is 5.73. The van der Waals surface area contributed by atoms with Crippen LogP contribution in [0.5, 0.6) is 5.75 Å². The number of para-hydroxylation sites is 1. The number of hydrogen-bond acceptors (Lipinski definition) is 3. The average molecular weight is 295 g/mol. The number of aryl methyl sites for hydroxylation is 1. The smallest absolute Gasteiger partial charge is 0.128 e. The summed E-state index contributed by atoms with van der Waals surface area (Å²) < 4.78 is 5.73. The highest BCUT2D eigenvalue weighted by molar-refractivity contribution is 7.15. The predicted octanol–water partition coefficient (Wildman–Crippen LogP) is 5.18. The van der Waals surface area contributed by atoms with Crippen LogP contribution in [0.25, 0.3) is 21.8 Å². The second kappa shape index (κ2) is 6.10. The summed E-state index contributed by atoms with van der Waals surface area (Å²) in [4.78, 5) is 6.04. The predicted molar refractivity (Wildman–Crippen MR) is 88.9 cm³/mol. The molecule has 3 heteroatoms. The van der Waals surface area contributed by atoms with Crippen LogP contribution >= 0.6 is 11.3 Å². The molecule has 3 aromatic rings. The Morgan fingerprint density at radius 1 is 1.00 bits per heavy atom. The third-order valence-electron chi connectivity index (χ3n) is 3.26. The van der Waals surface area contributed by atoms with E-state index in [4.69, 9.17) is 9.72 Å². The van der Waals surface area contributed by atoms with E-state index in [-0.39, 0.29) is 0 Å². The van der Waals surface area contributed by atoms with Crippen molar-refractivity contribution in [2.24, 2.45) is 0 Å². The number of hydrogen-bond donors (Lipinski definition) is 0. The number of aromatic nitrogens is 1. The number of nitrogens with zero attached hydrogens (tertiary/aromatic N) is 1. The summed E-state index contributed by atoms with van der Waals surface area (Å²) in [5, 5.41) is 1.05. The van der Waals surface area contributed by atoms with Crippen molar-refractivity contribution in [1.29, 1.82) is 0 Å². The third-order valence-corrected chi connectivity index (χ3v) is 4.28. The first-order valence-electron chi connectivity index (χ1n) is 7.04. The molecule has 1 aromatic heterocycles. The van der Waals surface area contributed by atoms with Crippen LogP contribution in [0, 0.1) is 6.92 Å². The van der Waals surface area contributed by atoms with Crippen LogP contribution in [-0.2, 0) is 0 Å². The third kappa shape index (κ3) is 2.83. The Morgan fingerprint density at radius 2 is 1.71 bits per heavy atom. The van der Waals surface area contributed by atoms with E-state index < -0.39 is 0 Å². The molecule has 0 atom stereocenters. The van der Waals surface area contributed by atoms with Crippen molar-refractivity contribution in [3.05, 3.63) is 59.5 Å². The van der Waals surface area contributed by atoms with E-state index in [1.54, 1.807) is 11.3 Å². The van der Waals surface area contributed by atoms with Crippen LogP contribution in [0.1, 0.15) is 11.8 Å². The molecule has 0 fully saturated rings. The molecule has 0 aliphatic carbocycles. The fourth-order valence-corrected chi connectivity index (χ4v) is 3.23. The maximum atomic E-state index is 5.73. The molecule has 106 valence electrons. The molecule has 0 radical (unpaired) electrons. The lowest BCUT2D eigenvalue weighted by Crippen LogP contribution is -1.94. The first-order chi connectivity index (χ1) is 10.3. The van der Waals surface area contributed by atoms with Gasteiger partial charge in [-0.05, 0) is 26.0 Å². The fraction of sp³-hybridized carbons (Fsp3) is 0.167. The molecular formula is C18H17NOS. The van der Waals surface area contributed by atoms with Crippen molar-refractivity contribution < 1.29 is 4.74 Å². The minimum absolute atomic E-state index is 0.658. The summed E-state index contributed by atoms with van der Waals surface area (Å²) in [5.41, 5.74) is 3.24. The number of benzene rings is 2. The molecule has 0 saturated heterocycles. The van der Waals surface area contributed by atoms with E-state index in [2.05, 4.69) is 25.1 Å². The van der Waals surface area contributed by atoms with Gasteiger partial charge in [0.1, 0.15) is 10.8 Å². The molecular weight excluding hydrogens is 278 g/mol. The van der Waals surface area contributed by atoms with Gasteiger partial charge < -0.3 is 4.74 Å². The highest BCUT2D eigenvalue weighted by Crippen LogP contribution is 2.37. The van der Waals surface area contributed by atoms with Gasteiger partial charge in [0, 0.05) is 16.0 Å².